The Morgan fingerprint density at radius 1 is 1.17 bits per heavy atom. The second kappa shape index (κ2) is 7.96. The van der Waals surface area contributed by atoms with Crippen molar-refractivity contribution < 1.29 is 4.79 Å². The molecule has 0 saturated carbocycles. The van der Waals surface area contributed by atoms with Crippen LogP contribution in [0.1, 0.15) is 62.1 Å². The van der Waals surface area contributed by atoms with Crippen molar-refractivity contribution in [2.24, 2.45) is 5.92 Å². The molecule has 2 heterocycles. The van der Waals surface area contributed by atoms with Gasteiger partial charge in [0.2, 0.25) is 5.91 Å². The van der Waals surface area contributed by atoms with Crippen LogP contribution in [0.25, 0.3) is 0 Å². The molecule has 2 aliphatic heterocycles. The van der Waals surface area contributed by atoms with Crippen LogP contribution >= 0.6 is 0 Å². The summed E-state index contributed by atoms with van der Waals surface area (Å²) in [5.41, 5.74) is 2.61. The second-order valence-corrected chi connectivity index (χ2v) is 7.26. The number of hydrogen-bond donors (Lipinski definition) is 1. The van der Waals surface area contributed by atoms with E-state index < -0.39 is 0 Å². The van der Waals surface area contributed by atoms with E-state index in [0.29, 0.717) is 11.8 Å². The van der Waals surface area contributed by atoms with E-state index in [2.05, 4.69) is 41.4 Å². The molecule has 1 N–H and O–H groups in total. The Balaban J connectivity index is 1.73. The van der Waals surface area contributed by atoms with E-state index in [1.165, 1.54) is 24.0 Å². The Kier molecular flexibility index (Phi) is 5.71. The number of carbonyl (C=O) groups excluding carboxylic acids is 1. The van der Waals surface area contributed by atoms with Crippen LogP contribution in [0.5, 0.6) is 0 Å². The number of amides is 1. The topological polar surface area (TPSA) is 32.3 Å². The van der Waals surface area contributed by atoms with E-state index >= 15 is 0 Å². The van der Waals surface area contributed by atoms with Gasteiger partial charge >= 0.3 is 0 Å². The SMILES string of the molecule is Cc1cccc([C@H]2CCCCCN2C(=O)CC2CCNCC2)c1. The first-order valence-electron chi connectivity index (χ1n) is 9.31. The van der Waals surface area contributed by atoms with Crippen molar-refractivity contribution in [3.05, 3.63) is 35.4 Å². The zero-order valence-electron chi connectivity index (χ0n) is 14.4. The summed E-state index contributed by atoms with van der Waals surface area (Å²) in [7, 11) is 0. The molecule has 2 saturated heterocycles. The maximum atomic E-state index is 13.0. The Labute approximate surface area is 140 Å². The van der Waals surface area contributed by atoms with Crippen molar-refractivity contribution in [1.82, 2.24) is 10.2 Å². The van der Waals surface area contributed by atoms with Crippen LogP contribution in [-0.2, 0) is 4.79 Å². The molecule has 3 rings (SSSR count). The van der Waals surface area contributed by atoms with E-state index in [-0.39, 0.29) is 6.04 Å². The fourth-order valence-corrected chi connectivity index (χ4v) is 4.08. The molecule has 23 heavy (non-hydrogen) atoms. The van der Waals surface area contributed by atoms with Gasteiger partial charge in [-0.3, -0.25) is 4.79 Å². The first-order chi connectivity index (χ1) is 11.2. The van der Waals surface area contributed by atoms with Crippen LogP contribution in [0.3, 0.4) is 0 Å². The van der Waals surface area contributed by atoms with Crippen LogP contribution in [-0.4, -0.2) is 30.4 Å². The van der Waals surface area contributed by atoms with Gasteiger partial charge in [-0.25, -0.2) is 0 Å². The minimum absolute atomic E-state index is 0.284. The number of nitrogens with one attached hydrogen (secondary N) is 1. The van der Waals surface area contributed by atoms with E-state index in [1.54, 1.807) is 0 Å². The molecule has 0 bridgehead atoms. The zero-order valence-corrected chi connectivity index (χ0v) is 14.4. The molecule has 0 aromatic heterocycles. The van der Waals surface area contributed by atoms with Crippen molar-refractivity contribution >= 4 is 5.91 Å². The summed E-state index contributed by atoms with van der Waals surface area (Å²) in [6.45, 7) is 5.21. The van der Waals surface area contributed by atoms with Crippen molar-refractivity contribution in [3.63, 3.8) is 0 Å². The molecule has 0 unspecified atom stereocenters. The minimum atomic E-state index is 0.284. The molecule has 1 atom stereocenters. The average molecular weight is 314 g/mol. The van der Waals surface area contributed by atoms with Crippen molar-refractivity contribution in [2.75, 3.05) is 19.6 Å². The lowest BCUT2D eigenvalue weighted by Crippen LogP contribution is -2.37. The first kappa shape index (κ1) is 16.5. The van der Waals surface area contributed by atoms with Crippen molar-refractivity contribution in [1.29, 1.82) is 0 Å². The largest absolute Gasteiger partial charge is 0.336 e. The monoisotopic (exact) mass is 314 g/mol. The number of carbonyl (C=O) groups is 1. The molecule has 0 radical (unpaired) electrons. The molecular weight excluding hydrogens is 284 g/mol. The zero-order chi connectivity index (χ0) is 16.1. The van der Waals surface area contributed by atoms with Gasteiger partial charge < -0.3 is 10.2 Å². The second-order valence-electron chi connectivity index (χ2n) is 7.26. The summed E-state index contributed by atoms with van der Waals surface area (Å²) in [4.78, 5) is 15.2. The van der Waals surface area contributed by atoms with Crippen LogP contribution in [0.4, 0.5) is 0 Å². The Hall–Kier alpha value is -1.35. The molecule has 3 heteroatoms. The summed E-state index contributed by atoms with van der Waals surface area (Å²) < 4.78 is 0. The average Bonchev–Trinajstić information content (AvgIpc) is 2.82. The summed E-state index contributed by atoms with van der Waals surface area (Å²) in [6, 6.07) is 9.02. The molecular formula is C20H30N2O. The lowest BCUT2D eigenvalue weighted by molar-refractivity contribution is -0.134. The number of hydrogen-bond acceptors (Lipinski definition) is 2. The molecule has 1 aromatic rings. The van der Waals surface area contributed by atoms with Gasteiger partial charge in [-0.05, 0) is 57.2 Å². The summed E-state index contributed by atoms with van der Waals surface area (Å²) in [5.74, 6) is 0.954. The number of aryl methyl sites for hydroxylation is 1. The predicted molar refractivity (Wildman–Crippen MR) is 94.3 cm³/mol. The number of rotatable bonds is 3. The summed E-state index contributed by atoms with van der Waals surface area (Å²) in [6.07, 6.45) is 7.78. The number of piperidine rings is 1. The van der Waals surface area contributed by atoms with Gasteiger partial charge in [-0.2, -0.15) is 0 Å². The molecule has 0 spiro atoms. The van der Waals surface area contributed by atoms with Gasteiger partial charge in [0.05, 0.1) is 6.04 Å². The fourth-order valence-electron chi connectivity index (χ4n) is 4.08. The quantitative estimate of drug-likeness (QED) is 0.919. The Morgan fingerprint density at radius 3 is 2.78 bits per heavy atom. The highest BCUT2D eigenvalue weighted by molar-refractivity contribution is 5.77. The highest BCUT2D eigenvalue weighted by atomic mass is 16.2. The molecule has 0 aliphatic carbocycles. The third-order valence-corrected chi connectivity index (χ3v) is 5.42. The first-order valence-corrected chi connectivity index (χ1v) is 9.31. The van der Waals surface area contributed by atoms with E-state index in [9.17, 15) is 4.79 Å². The number of nitrogens with zero attached hydrogens (tertiary/aromatic N) is 1. The van der Waals surface area contributed by atoms with Crippen LogP contribution < -0.4 is 5.32 Å². The molecule has 126 valence electrons. The van der Waals surface area contributed by atoms with Crippen LogP contribution in [0.15, 0.2) is 24.3 Å². The van der Waals surface area contributed by atoms with E-state index in [0.717, 1.165) is 51.7 Å². The smallest absolute Gasteiger partial charge is 0.223 e. The van der Waals surface area contributed by atoms with Gasteiger partial charge in [0.15, 0.2) is 0 Å². The molecule has 2 aliphatic rings. The standard InChI is InChI=1S/C20H30N2O/c1-16-6-5-7-18(14-16)19-8-3-2-4-13-22(19)20(23)15-17-9-11-21-12-10-17/h5-7,14,17,19,21H,2-4,8-13,15H2,1H3/t19-/m1/s1. The van der Waals surface area contributed by atoms with Gasteiger partial charge in [-0.1, -0.05) is 42.7 Å². The van der Waals surface area contributed by atoms with Crippen molar-refractivity contribution in [3.8, 4) is 0 Å². The van der Waals surface area contributed by atoms with Gasteiger partial charge in [0.1, 0.15) is 0 Å². The minimum Gasteiger partial charge on any atom is -0.336 e. The maximum absolute atomic E-state index is 13.0. The highest BCUT2D eigenvalue weighted by Gasteiger charge is 2.28. The summed E-state index contributed by atoms with van der Waals surface area (Å²) >= 11 is 0. The molecule has 3 nitrogen and oxygen atoms in total. The van der Waals surface area contributed by atoms with Gasteiger partial charge in [0, 0.05) is 13.0 Å². The van der Waals surface area contributed by atoms with E-state index in [4.69, 9.17) is 0 Å². The van der Waals surface area contributed by atoms with Crippen molar-refractivity contribution in [2.45, 2.75) is 57.9 Å². The lowest BCUT2D eigenvalue weighted by Gasteiger charge is -2.33. The summed E-state index contributed by atoms with van der Waals surface area (Å²) in [5, 5.41) is 3.39. The van der Waals surface area contributed by atoms with Crippen LogP contribution in [0.2, 0.25) is 0 Å². The number of benzene rings is 1. The maximum Gasteiger partial charge on any atom is 0.223 e. The Morgan fingerprint density at radius 2 is 2.00 bits per heavy atom. The lowest BCUT2D eigenvalue weighted by atomic mass is 9.93. The fraction of sp³-hybridized carbons (Fsp3) is 0.650. The highest BCUT2D eigenvalue weighted by Crippen LogP contribution is 2.32. The van der Waals surface area contributed by atoms with Crippen LogP contribution in [0, 0.1) is 12.8 Å². The molecule has 2 fully saturated rings. The molecule has 1 aromatic carbocycles. The van der Waals surface area contributed by atoms with E-state index in [1.807, 2.05) is 0 Å². The third kappa shape index (κ3) is 4.35. The third-order valence-electron chi connectivity index (χ3n) is 5.42. The molecule has 1 amide bonds. The normalized spacial score (nSPS) is 23.5. The Bertz CT molecular complexity index is 522. The predicted octanol–water partition coefficient (Wildman–Crippen LogP) is 3.83. The number of likely N-dealkylation sites (tertiary alicyclic amines) is 1. The van der Waals surface area contributed by atoms with Gasteiger partial charge in [0.25, 0.3) is 0 Å². The van der Waals surface area contributed by atoms with Gasteiger partial charge in [-0.15, -0.1) is 0 Å².